The standard InChI is InChI=1S/C22H32N4O3/c1-14-23-24-21(29-14)22(28)25-12-16-11-17(13-25)19(10-15-6-3-2-4-7-15)26-18(16)8-5-9-20(26)27/h15-19H,2-13H2,1H3/t16-,17+,18+,19+/m1/s1. The van der Waals surface area contributed by atoms with Crippen LogP contribution in [-0.4, -0.2) is 57.0 Å². The minimum Gasteiger partial charge on any atom is -0.417 e. The van der Waals surface area contributed by atoms with Crippen LogP contribution in [0.25, 0.3) is 0 Å². The first-order chi connectivity index (χ1) is 14.1. The second-order valence-corrected chi connectivity index (χ2v) is 9.66. The lowest BCUT2D eigenvalue weighted by atomic mass is 9.69. The Bertz CT molecular complexity index is 772. The summed E-state index contributed by atoms with van der Waals surface area (Å²) in [5.74, 6) is 2.19. The van der Waals surface area contributed by atoms with Crippen molar-refractivity contribution in [3.8, 4) is 0 Å². The van der Waals surface area contributed by atoms with Crippen molar-refractivity contribution in [1.82, 2.24) is 20.0 Å². The molecule has 1 aromatic rings. The van der Waals surface area contributed by atoms with Crippen molar-refractivity contribution >= 4 is 11.8 Å². The van der Waals surface area contributed by atoms with Crippen LogP contribution in [0.1, 0.15) is 80.8 Å². The van der Waals surface area contributed by atoms with E-state index in [0.717, 1.165) is 31.6 Å². The van der Waals surface area contributed by atoms with Crippen LogP contribution in [0.2, 0.25) is 0 Å². The van der Waals surface area contributed by atoms with Gasteiger partial charge in [0, 0.05) is 38.5 Å². The van der Waals surface area contributed by atoms with E-state index >= 15 is 0 Å². The number of piperidine rings is 3. The predicted octanol–water partition coefficient (Wildman–Crippen LogP) is 3.19. The van der Waals surface area contributed by atoms with Gasteiger partial charge in [-0.3, -0.25) is 9.59 Å². The summed E-state index contributed by atoms with van der Waals surface area (Å²) in [7, 11) is 0. The Morgan fingerprint density at radius 1 is 1.07 bits per heavy atom. The summed E-state index contributed by atoms with van der Waals surface area (Å²) in [4.78, 5) is 30.2. The van der Waals surface area contributed by atoms with Gasteiger partial charge in [0.1, 0.15) is 0 Å². The summed E-state index contributed by atoms with van der Waals surface area (Å²) in [5, 5.41) is 7.77. The lowest BCUT2D eigenvalue weighted by Crippen LogP contribution is -2.65. The number of amides is 2. The summed E-state index contributed by atoms with van der Waals surface area (Å²) < 4.78 is 5.41. The molecular formula is C22H32N4O3. The van der Waals surface area contributed by atoms with Gasteiger partial charge in [0.15, 0.2) is 0 Å². The third-order valence-corrected chi connectivity index (χ3v) is 7.79. The number of hydrogen-bond donors (Lipinski definition) is 0. The average Bonchev–Trinajstić information content (AvgIpc) is 3.17. The van der Waals surface area contributed by atoms with Crippen molar-refractivity contribution in [2.45, 2.75) is 83.2 Å². The van der Waals surface area contributed by atoms with Gasteiger partial charge in [-0.05, 0) is 43.4 Å². The Balaban J connectivity index is 1.39. The zero-order chi connectivity index (χ0) is 20.0. The number of carbonyl (C=O) groups excluding carboxylic acids is 2. The Morgan fingerprint density at radius 2 is 1.86 bits per heavy atom. The molecule has 4 atom stereocenters. The summed E-state index contributed by atoms with van der Waals surface area (Å²) >= 11 is 0. The molecule has 3 aliphatic heterocycles. The van der Waals surface area contributed by atoms with Gasteiger partial charge in [-0.25, -0.2) is 0 Å². The Kier molecular flexibility index (Phi) is 5.08. The number of nitrogens with zero attached hydrogens (tertiary/aromatic N) is 4. The Hall–Kier alpha value is -1.92. The minimum absolute atomic E-state index is 0.0999. The SMILES string of the molecule is Cc1nnc(C(=O)N2C[C@H]3C[C@@H](C2)[C@H](CC2CCCCC2)N2C(=O)CCC[C@@H]32)o1. The Labute approximate surface area is 172 Å². The molecule has 7 heteroatoms. The summed E-state index contributed by atoms with van der Waals surface area (Å²) in [5.41, 5.74) is 0. The number of rotatable bonds is 3. The molecule has 7 nitrogen and oxygen atoms in total. The average molecular weight is 401 g/mol. The van der Waals surface area contributed by atoms with Crippen LogP contribution >= 0.6 is 0 Å². The van der Waals surface area contributed by atoms with E-state index in [1.807, 2.05) is 4.90 Å². The molecule has 158 valence electrons. The fraction of sp³-hybridized carbons (Fsp3) is 0.818. The van der Waals surface area contributed by atoms with Gasteiger partial charge in [0.05, 0.1) is 0 Å². The molecule has 0 spiro atoms. The fourth-order valence-corrected chi connectivity index (χ4v) is 6.53. The third kappa shape index (κ3) is 3.57. The van der Waals surface area contributed by atoms with Gasteiger partial charge < -0.3 is 14.2 Å². The van der Waals surface area contributed by atoms with E-state index < -0.39 is 0 Å². The van der Waals surface area contributed by atoms with E-state index in [1.165, 1.54) is 32.1 Å². The van der Waals surface area contributed by atoms with E-state index in [1.54, 1.807) is 6.92 Å². The molecule has 0 unspecified atom stereocenters. The van der Waals surface area contributed by atoms with Crippen molar-refractivity contribution in [3.63, 3.8) is 0 Å². The highest BCUT2D eigenvalue weighted by Crippen LogP contribution is 2.44. The highest BCUT2D eigenvalue weighted by molar-refractivity contribution is 5.89. The molecule has 0 radical (unpaired) electrons. The molecule has 3 saturated heterocycles. The molecule has 2 amide bonds. The monoisotopic (exact) mass is 400 g/mol. The van der Waals surface area contributed by atoms with E-state index in [2.05, 4.69) is 15.1 Å². The van der Waals surface area contributed by atoms with E-state index in [9.17, 15) is 9.59 Å². The molecule has 4 aliphatic rings. The van der Waals surface area contributed by atoms with Crippen molar-refractivity contribution in [3.05, 3.63) is 11.8 Å². The van der Waals surface area contributed by atoms with Gasteiger partial charge in [-0.1, -0.05) is 32.1 Å². The van der Waals surface area contributed by atoms with Gasteiger partial charge in [0.2, 0.25) is 11.8 Å². The zero-order valence-electron chi connectivity index (χ0n) is 17.4. The topological polar surface area (TPSA) is 79.5 Å². The van der Waals surface area contributed by atoms with E-state index in [-0.39, 0.29) is 17.8 Å². The van der Waals surface area contributed by atoms with Crippen LogP contribution in [0.5, 0.6) is 0 Å². The van der Waals surface area contributed by atoms with Crippen LogP contribution in [0.15, 0.2) is 4.42 Å². The number of likely N-dealkylation sites (tertiary alicyclic amines) is 1. The summed E-state index contributed by atoms with van der Waals surface area (Å²) in [6.07, 6.45) is 11.6. The lowest BCUT2D eigenvalue weighted by Gasteiger charge is -2.57. The maximum Gasteiger partial charge on any atom is 0.311 e. The van der Waals surface area contributed by atoms with Crippen molar-refractivity contribution < 1.29 is 14.0 Å². The summed E-state index contributed by atoms with van der Waals surface area (Å²) in [6, 6.07) is 0.577. The first-order valence-electron chi connectivity index (χ1n) is 11.5. The number of aromatic nitrogens is 2. The molecule has 0 aromatic carbocycles. The number of carbonyl (C=O) groups is 2. The lowest BCUT2D eigenvalue weighted by molar-refractivity contribution is -0.153. The second kappa shape index (κ2) is 7.73. The summed E-state index contributed by atoms with van der Waals surface area (Å²) in [6.45, 7) is 3.10. The normalized spacial score (nSPS) is 32.9. The molecule has 4 fully saturated rings. The second-order valence-electron chi connectivity index (χ2n) is 9.66. The minimum atomic E-state index is -0.146. The fourth-order valence-electron chi connectivity index (χ4n) is 6.53. The number of hydrogen-bond acceptors (Lipinski definition) is 5. The molecule has 0 N–H and O–H groups in total. The number of aryl methyl sites for hydroxylation is 1. The quantitative estimate of drug-likeness (QED) is 0.778. The maximum atomic E-state index is 13.0. The third-order valence-electron chi connectivity index (χ3n) is 7.79. The molecule has 1 aromatic heterocycles. The molecule has 2 bridgehead atoms. The Morgan fingerprint density at radius 3 is 2.62 bits per heavy atom. The first kappa shape index (κ1) is 19.1. The number of fused-ring (bicyclic) bond motifs is 4. The van der Waals surface area contributed by atoms with Crippen molar-refractivity contribution in [1.29, 1.82) is 0 Å². The van der Waals surface area contributed by atoms with Gasteiger partial charge in [0.25, 0.3) is 0 Å². The van der Waals surface area contributed by atoms with Gasteiger partial charge in [-0.15, -0.1) is 10.2 Å². The predicted molar refractivity (Wildman–Crippen MR) is 106 cm³/mol. The molecule has 1 saturated carbocycles. The molecular weight excluding hydrogens is 368 g/mol. The van der Waals surface area contributed by atoms with E-state index in [0.29, 0.717) is 49.2 Å². The van der Waals surface area contributed by atoms with Crippen LogP contribution in [0.4, 0.5) is 0 Å². The molecule has 4 heterocycles. The van der Waals surface area contributed by atoms with E-state index in [4.69, 9.17) is 4.42 Å². The molecule has 1 aliphatic carbocycles. The highest BCUT2D eigenvalue weighted by Gasteiger charge is 2.50. The first-order valence-corrected chi connectivity index (χ1v) is 11.5. The van der Waals surface area contributed by atoms with Crippen molar-refractivity contribution in [2.24, 2.45) is 17.8 Å². The van der Waals surface area contributed by atoms with Gasteiger partial charge >= 0.3 is 11.8 Å². The maximum absolute atomic E-state index is 13.0. The van der Waals surface area contributed by atoms with Crippen LogP contribution in [0.3, 0.4) is 0 Å². The smallest absolute Gasteiger partial charge is 0.311 e. The molecule has 29 heavy (non-hydrogen) atoms. The van der Waals surface area contributed by atoms with Crippen LogP contribution < -0.4 is 0 Å². The molecule has 5 rings (SSSR count). The van der Waals surface area contributed by atoms with Crippen molar-refractivity contribution in [2.75, 3.05) is 13.1 Å². The van der Waals surface area contributed by atoms with Crippen LogP contribution in [-0.2, 0) is 4.79 Å². The largest absolute Gasteiger partial charge is 0.417 e. The van der Waals surface area contributed by atoms with Crippen LogP contribution in [0, 0.1) is 24.7 Å². The van der Waals surface area contributed by atoms with Gasteiger partial charge in [-0.2, -0.15) is 0 Å². The highest BCUT2D eigenvalue weighted by atomic mass is 16.4. The zero-order valence-corrected chi connectivity index (χ0v) is 17.4.